The lowest BCUT2D eigenvalue weighted by atomic mass is 10.3. The number of carbonyl (C=O) groups excluding carboxylic acids is 1. The first-order valence-corrected chi connectivity index (χ1v) is 5.87. The Balaban J connectivity index is 2.24. The minimum Gasteiger partial charge on any atom is -0.354 e. The molecule has 0 aliphatic heterocycles. The Morgan fingerprint density at radius 1 is 1.41 bits per heavy atom. The van der Waals surface area contributed by atoms with Crippen molar-refractivity contribution in [1.82, 2.24) is 30.4 Å². The lowest BCUT2D eigenvalue weighted by Crippen LogP contribution is -2.35. The average molecular weight is 240 g/mol. The Hall–Kier alpha value is -1.50. The molecule has 0 aliphatic rings. The van der Waals surface area contributed by atoms with E-state index in [2.05, 4.69) is 39.6 Å². The topological polar surface area (TPSA) is 75.9 Å². The van der Waals surface area contributed by atoms with Crippen LogP contribution in [0.4, 0.5) is 0 Å². The molecule has 0 radical (unpaired) electrons. The maximum atomic E-state index is 11.6. The van der Waals surface area contributed by atoms with Crippen molar-refractivity contribution in [2.75, 3.05) is 26.2 Å². The van der Waals surface area contributed by atoms with Crippen LogP contribution in [0.3, 0.4) is 0 Å². The summed E-state index contributed by atoms with van der Waals surface area (Å²) in [5, 5.41) is 13.8. The van der Waals surface area contributed by atoms with Gasteiger partial charge in [-0.25, -0.2) is 4.68 Å². The molecule has 1 amide bonds. The first-order valence-electron chi connectivity index (χ1n) is 5.87. The fourth-order valence-corrected chi connectivity index (χ4v) is 1.50. The van der Waals surface area contributed by atoms with Gasteiger partial charge >= 0.3 is 0 Å². The summed E-state index contributed by atoms with van der Waals surface area (Å²) >= 11 is 0. The van der Waals surface area contributed by atoms with Crippen molar-refractivity contribution in [3.8, 4) is 0 Å². The molecule has 96 valence electrons. The average Bonchev–Trinajstić information content (AvgIpc) is 2.71. The molecule has 1 aromatic rings. The molecule has 1 aromatic heterocycles. The quantitative estimate of drug-likeness (QED) is 0.676. The number of aryl methyl sites for hydroxylation is 1. The zero-order chi connectivity index (χ0) is 12.7. The van der Waals surface area contributed by atoms with Crippen molar-refractivity contribution in [2.24, 2.45) is 7.05 Å². The number of aromatic nitrogens is 4. The largest absolute Gasteiger partial charge is 0.354 e. The normalized spacial score (nSPS) is 10.8. The molecule has 7 heteroatoms. The Morgan fingerprint density at radius 2 is 2.12 bits per heavy atom. The van der Waals surface area contributed by atoms with E-state index in [1.807, 2.05) is 0 Å². The van der Waals surface area contributed by atoms with Crippen molar-refractivity contribution in [3.63, 3.8) is 0 Å². The summed E-state index contributed by atoms with van der Waals surface area (Å²) in [5.41, 5.74) is 0. The van der Waals surface area contributed by atoms with Crippen LogP contribution in [0.15, 0.2) is 0 Å². The van der Waals surface area contributed by atoms with Gasteiger partial charge in [0.05, 0.1) is 6.42 Å². The number of hydrogen-bond donors (Lipinski definition) is 1. The van der Waals surface area contributed by atoms with Crippen LogP contribution in [0.2, 0.25) is 0 Å². The van der Waals surface area contributed by atoms with Gasteiger partial charge in [-0.2, -0.15) is 0 Å². The number of amides is 1. The molecule has 0 fully saturated rings. The van der Waals surface area contributed by atoms with Crippen molar-refractivity contribution in [3.05, 3.63) is 5.82 Å². The van der Waals surface area contributed by atoms with Gasteiger partial charge in [-0.1, -0.05) is 13.8 Å². The van der Waals surface area contributed by atoms with E-state index in [9.17, 15) is 4.79 Å². The van der Waals surface area contributed by atoms with Gasteiger partial charge in [-0.15, -0.1) is 5.10 Å². The van der Waals surface area contributed by atoms with Crippen LogP contribution >= 0.6 is 0 Å². The third-order valence-electron chi connectivity index (χ3n) is 2.67. The SMILES string of the molecule is CCN(CC)CCNC(=O)Cc1nnnn1C. The van der Waals surface area contributed by atoms with Gasteiger partial charge in [0.15, 0.2) is 5.82 Å². The highest BCUT2D eigenvalue weighted by atomic mass is 16.1. The summed E-state index contributed by atoms with van der Waals surface area (Å²) in [6, 6.07) is 0. The van der Waals surface area contributed by atoms with Crippen LogP contribution in [0.25, 0.3) is 0 Å². The van der Waals surface area contributed by atoms with Gasteiger partial charge in [0.25, 0.3) is 0 Å². The van der Waals surface area contributed by atoms with E-state index in [1.54, 1.807) is 7.05 Å². The number of likely N-dealkylation sites (N-methyl/N-ethyl adjacent to an activating group) is 1. The Labute approximate surface area is 101 Å². The molecule has 7 nitrogen and oxygen atoms in total. The maximum Gasteiger partial charge on any atom is 0.227 e. The van der Waals surface area contributed by atoms with Crippen molar-refractivity contribution >= 4 is 5.91 Å². The fraction of sp³-hybridized carbons (Fsp3) is 0.800. The second-order valence-corrected chi connectivity index (χ2v) is 3.77. The summed E-state index contributed by atoms with van der Waals surface area (Å²) in [4.78, 5) is 13.8. The van der Waals surface area contributed by atoms with Gasteiger partial charge in [0.2, 0.25) is 5.91 Å². The van der Waals surface area contributed by atoms with E-state index in [1.165, 1.54) is 4.68 Å². The fourth-order valence-electron chi connectivity index (χ4n) is 1.50. The van der Waals surface area contributed by atoms with Gasteiger partial charge < -0.3 is 10.2 Å². The summed E-state index contributed by atoms with van der Waals surface area (Å²) in [6.45, 7) is 7.74. The molecule has 1 N–H and O–H groups in total. The predicted molar refractivity (Wildman–Crippen MR) is 63.3 cm³/mol. The lowest BCUT2D eigenvalue weighted by molar-refractivity contribution is -0.120. The van der Waals surface area contributed by atoms with Gasteiger partial charge in [-0.3, -0.25) is 4.79 Å². The van der Waals surface area contributed by atoms with Crippen LogP contribution in [-0.4, -0.2) is 57.2 Å². The smallest absolute Gasteiger partial charge is 0.227 e. The number of nitrogens with one attached hydrogen (secondary N) is 1. The minimum atomic E-state index is -0.0462. The molecule has 0 bridgehead atoms. The van der Waals surface area contributed by atoms with Crippen LogP contribution in [0.1, 0.15) is 19.7 Å². The first-order chi connectivity index (χ1) is 8.17. The second kappa shape index (κ2) is 6.95. The zero-order valence-corrected chi connectivity index (χ0v) is 10.7. The van der Waals surface area contributed by atoms with Crippen molar-refractivity contribution in [2.45, 2.75) is 20.3 Å². The Kier molecular flexibility index (Phi) is 5.55. The third kappa shape index (κ3) is 4.48. The van der Waals surface area contributed by atoms with Crippen LogP contribution in [0, 0.1) is 0 Å². The number of rotatable bonds is 7. The van der Waals surface area contributed by atoms with Crippen LogP contribution in [-0.2, 0) is 18.3 Å². The number of hydrogen-bond acceptors (Lipinski definition) is 5. The van der Waals surface area contributed by atoms with E-state index < -0.39 is 0 Å². The van der Waals surface area contributed by atoms with E-state index in [0.29, 0.717) is 12.4 Å². The van der Waals surface area contributed by atoms with E-state index in [4.69, 9.17) is 0 Å². The molecule has 0 aliphatic carbocycles. The first kappa shape index (κ1) is 13.6. The number of nitrogens with zero attached hydrogens (tertiary/aromatic N) is 5. The van der Waals surface area contributed by atoms with Crippen LogP contribution < -0.4 is 5.32 Å². The van der Waals surface area contributed by atoms with Crippen molar-refractivity contribution < 1.29 is 4.79 Å². The molecule has 0 aromatic carbocycles. The molecule has 1 heterocycles. The van der Waals surface area contributed by atoms with E-state index >= 15 is 0 Å². The Morgan fingerprint density at radius 3 is 2.65 bits per heavy atom. The van der Waals surface area contributed by atoms with E-state index in [0.717, 1.165) is 19.6 Å². The minimum absolute atomic E-state index is 0.0462. The molecule has 0 atom stereocenters. The summed E-state index contributed by atoms with van der Waals surface area (Å²) < 4.78 is 1.50. The number of tetrazole rings is 1. The molecule has 0 saturated carbocycles. The molecular formula is C10H20N6O. The molecule has 0 saturated heterocycles. The zero-order valence-electron chi connectivity index (χ0n) is 10.7. The Bertz CT molecular complexity index is 346. The molecule has 17 heavy (non-hydrogen) atoms. The maximum absolute atomic E-state index is 11.6. The number of carbonyl (C=O) groups is 1. The van der Waals surface area contributed by atoms with Gasteiger partial charge in [-0.05, 0) is 23.5 Å². The lowest BCUT2D eigenvalue weighted by Gasteiger charge is -2.17. The molecule has 0 unspecified atom stereocenters. The second-order valence-electron chi connectivity index (χ2n) is 3.77. The highest BCUT2D eigenvalue weighted by molar-refractivity contribution is 5.77. The van der Waals surface area contributed by atoms with Gasteiger partial charge in [0.1, 0.15) is 0 Å². The summed E-state index contributed by atoms with van der Waals surface area (Å²) in [7, 11) is 1.72. The monoisotopic (exact) mass is 240 g/mol. The predicted octanol–water partition coefficient (Wildman–Crippen LogP) is -0.789. The van der Waals surface area contributed by atoms with Crippen LogP contribution in [0.5, 0.6) is 0 Å². The molecular weight excluding hydrogens is 220 g/mol. The molecule has 0 spiro atoms. The summed E-state index contributed by atoms with van der Waals surface area (Å²) in [5.74, 6) is 0.528. The highest BCUT2D eigenvalue weighted by Gasteiger charge is 2.08. The van der Waals surface area contributed by atoms with Crippen molar-refractivity contribution in [1.29, 1.82) is 0 Å². The van der Waals surface area contributed by atoms with E-state index in [-0.39, 0.29) is 12.3 Å². The standard InChI is InChI=1S/C10H20N6O/c1-4-16(5-2)7-6-11-10(17)8-9-12-13-14-15(9)3/h4-8H2,1-3H3,(H,11,17). The third-order valence-corrected chi connectivity index (χ3v) is 2.67. The molecule has 1 rings (SSSR count). The van der Waals surface area contributed by atoms with Gasteiger partial charge in [0, 0.05) is 20.1 Å². The highest BCUT2D eigenvalue weighted by Crippen LogP contribution is 1.90. The summed E-state index contributed by atoms with van der Waals surface area (Å²) in [6.07, 6.45) is 0.224.